The highest BCUT2D eigenvalue weighted by molar-refractivity contribution is 7.13. The maximum Gasteiger partial charge on any atom is 0.236 e. The summed E-state index contributed by atoms with van der Waals surface area (Å²) < 4.78 is 24.9. The average molecular weight is 415 g/mol. The summed E-state index contributed by atoms with van der Waals surface area (Å²) in [5.74, 6) is 1.15. The number of hydrogen-bond donors (Lipinski definition) is 1. The van der Waals surface area contributed by atoms with Crippen molar-refractivity contribution in [3.63, 3.8) is 0 Å². The van der Waals surface area contributed by atoms with Gasteiger partial charge in [-0.25, -0.2) is 9.37 Å². The number of guanidine groups is 1. The molecule has 0 saturated carbocycles. The van der Waals surface area contributed by atoms with Crippen LogP contribution in [0, 0.1) is 5.82 Å². The fourth-order valence-electron chi connectivity index (χ4n) is 3.39. The topological polar surface area (TPSA) is 62.9 Å². The Hall–Kier alpha value is -2.71. The molecule has 2 atom stereocenters. The number of morpholine rings is 1. The van der Waals surface area contributed by atoms with Crippen molar-refractivity contribution in [3.05, 3.63) is 65.1 Å². The average Bonchev–Trinajstić information content (AvgIpc) is 3.40. The molecule has 6 nitrogen and oxygen atoms in total. The molecule has 0 aliphatic carbocycles. The minimum Gasteiger partial charge on any atom is -0.443 e. The number of nitrogens with one attached hydrogen (secondary N) is 1. The highest BCUT2D eigenvalue weighted by Gasteiger charge is 2.28. The largest absolute Gasteiger partial charge is 0.443 e. The molecule has 2 unspecified atom stereocenters. The van der Waals surface area contributed by atoms with Gasteiger partial charge in [0.25, 0.3) is 0 Å². The van der Waals surface area contributed by atoms with E-state index in [2.05, 4.69) is 20.2 Å². The summed E-state index contributed by atoms with van der Waals surface area (Å²) in [6.45, 7) is 3.89. The molecule has 2 aromatic heterocycles. The van der Waals surface area contributed by atoms with Gasteiger partial charge in [-0.15, -0.1) is 11.3 Å². The number of aliphatic imine (C=N–C) groups is 1. The van der Waals surface area contributed by atoms with Gasteiger partial charge in [-0.2, -0.15) is 0 Å². The van der Waals surface area contributed by atoms with Crippen LogP contribution in [0.25, 0.3) is 10.8 Å². The number of halogens is 1. The molecule has 1 aromatic carbocycles. The predicted molar refractivity (Wildman–Crippen MR) is 111 cm³/mol. The molecule has 152 valence electrons. The first-order chi connectivity index (χ1) is 14.1. The van der Waals surface area contributed by atoms with E-state index in [1.165, 1.54) is 12.1 Å². The van der Waals surface area contributed by atoms with Gasteiger partial charge < -0.3 is 19.4 Å². The summed E-state index contributed by atoms with van der Waals surface area (Å²) in [5.41, 5.74) is 1.77. The molecule has 4 rings (SSSR count). The van der Waals surface area contributed by atoms with Crippen LogP contribution >= 0.6 is 11.3 Å². The molecule has 0 amide bonds. The Morgan fingerprint density at radius 3 is 2.86 bits per heavy atom. The van der Waals surface area contributed by atoms with Crippen LogP contribution in [-0.4, -0.2) is 42.1 Å². The van der Waals surface area contributed by atoms with Gasteiger partial charge in [-0.1, -0.05) is 18.2 Å². The second-order valence-corrected chi connectivity index (χ2v) is 7.86. The molecule has 3 heterocycles. The number of hydrogen-bond acceptors (Lipinski definition) is 5. The van der Waals surface area contributed by atoms with Gasteiger partial charge in [0, 0.05) is 13.6 Å². The second kappa shape index (κ2) is 8.75. The molecule has 1 aliphatic rings. The van der Waals surface area contributed by atoms with Crippen molar-refractivity contribution in [3.8, 4) is 10.8 Å². The van der Waals surface area contributed by atoms with Crippen LogP contribution < -0.4 is 5.32 Å². The van der Waals surface area contributed by atoms with E-state index in [-0.39, 0.29) is 18.0 Å². The van der Waals surface area contributed by atoms with Gasteiger partial charge in [0.15, 0.2) is 5.96 Å². The lowest BCUT2D eigenvalue weighted by molar-refractivity contribution is -0.0605. The van der Waals surface area contributed by atoms with E-state index in [0.29, 0.717) is 19.0 Å². The van der Waals surface area contributed by atoms with Crippen molar-refractivity contribution in [2.75, 3.05) is 20.1 Å². The zero-order chi connectivity index (χ0) is 20.2. The van der Waals surface area contributed by atoms with Gasteiger partial charge in [0.1, 0.15) is 18.2 Å². The third-order valence-electron chi connectivity index (χ3n) is 4.72. The van der Waals surface area contributed by atoms with Gasteiger partial charge in [-0.05, 0) is 36.1 Å². The molecule has 3 aromatic rings. The second-order valence-electron chi connectivity index (χ2n) is 6.91. The first-order valence-corrected chi connectivity index (χ1v) is 10.3. The third kappa shape index (κ3) is 4.65. The highest BCUT2D eigenvalue weighted by Crippen LogP contribution is 2.26. The van der Waals surface area contributed by atoms with Crippen LogP contribution in [0.3, 0.4) is 0 Å². The number of thiophene rings is 1. The van der Waals surface area contributed by atoms with Crippen molar-refractivity contribution in [1.29, 1.82) is 0 Å². The quantitative estimate of drug-likeness (QED) is 0.515. The van der Waals surface area contributed by atoms with Crippen LogP contribution in [0.15, 0.2) is 57.5 Å². The van der Waals surface area contributed by atoms with Gasteiger partial charge in [0.05, 0.1) is 29.8 Å². The molecule has 8 heteroatoms. The number of rotatable bonds is 4. The first-order valence-electron chi connectivity index (χ1n) is 9.47. The normalized spacial score (nSPS) is 20.1. The number of aromatic nitrogens is 1. The lowest BCUT2D eigenvalue weighted by atomic mass is 10.1. The smallest absolute Gasteiger partial charge is 0.236 e. The number of nitrogens with zero attached hydrogens (tertiary/aromatic N) is 3. The number of oxazole rings is 1. The molecular weight excluding hydrogens is 391 g/mol. The van der Waals surface area contributed by atoms with Gasteiger partial charge in [0.2, 0.25) is 5.89 Å². The molecular formula is C21H23FN4O2S. The van der Waals surface area contributed by atoms with Crippen LogP contribution in [0.4, 0.5) is 4.39 Å². The van der Waals surface area contributed by atoms with E-state index in [4.69, 9.17) is 9.15 Å². The van der Waals surface area contributed by atoms with Crippen molar-refractivity contribution < 1.29 is 13.5 Å². The monoisotopic (exact) mass is 414 g/mol. The summed E-state index contributed by atoms with van der Waals surface area (Å²) in [7, 11) is 1.76. The molecule has 1 aliphatic heterocycles. The van der Waals surface area contributed by atoms with E-state index in [0.717, 1.165) is 28.6 Å². The molecule has 1 saturated heterocycles. The number of benzene rings is 1. The maximum atomic E-state index is 13.2. The lowest BCUT2D eigenvalue weighted by Crippen LogP contribution is -2.50. The third-order valence-corrected chi connectivity index (χ3v) is 5.58. The highest BCUT2D eigenvalue weighted by atomic mass is 32.1. The SMILES string of the molecule is CN=C(NCc1coc(-c2cccs2)n1)N1CC(C)OC(c2ccc(F)cc2)C1. The Morgan fingerprint density at radius 2 is 2.14 bits per heavy atom. The summed E-state index contributed by atoms with van der Waals surface area (Å²) in [6, 6.07) is 10.4. The zero-order valence-electron chi connectivity index (χ0n) is 16.3. The van der Waals surface area contributed by atoms with Crippen LogP contribution in [0.5, 0.6) is 0 Å². The van der Waals surface area contributed by atoms with Crippen LogP contribution in [-0.2, 0) is 11.3 Å². The fraction of sp³-hybridized carbons (Fsp3) is 0.333. The molecule has 29 heavy (non-hydrogen) atoms. The van der Waals surface area contributed by atoms with Crippen molar-refractivity contribution >= 4 is 17.3 Å². The summed E-state index contributed by atoms with van der Waals surface area (Å²) in [6.07, 6.45) is 1.55. The predicted octanol–water partition coefficient (Wildman–Crippen LogP) is 4.08. The summed E-state index contributed by atoms with van der Waals surface area (Å²) >= 11 is 1.59. The van der Waals surface area contributed by atoms with E-state index >= 15 is 0 Å². The van der Waals surface area contributed by atoms with E-state index in [9.17, 15) is 4.39 Å². The summed E-state index contributed by atoms with van der Waals surface area (Å²) in [4.78, 5) is 12.1. The first kappa shape index (κ1) is 19.6. The van der Waals surface area contributed by atoms with Crippen molar-refractivity contribution in [2.24, 2.45) is 4.99 Å². The minimum absolute atomic E-state index is 0.0230. The van der Waals surface area contributed by atoms with Crippen molar-refractivity contribution in [1.82, 2.24) is 15.2 Å². The summed E-state index contributed by atoms with van der Waals surface area (Å²) in [5, 5.41) is 5.35. The maximum absolute atomic E-state index is 13.2. The van der Waals surface area contributed by atoms with Crippen LogP contribution in [0.2, 0.25) is 0 Å². The zero-order valence-corrected chi connectivity index (χ0v) is 17.2. The molecule has 1 N–H and O–H groups in total. The Bertz CT molecular complexity index is 955. The van der Waals surface area contributed by atoms with Crippen molar-refractivity contribution in [2.45, 2.75) is 25.7 Å². The minimum atomic E-state index is -0.249. The Labute approximate surface area is 173 Å². The Kier molecular flexibility index (Phi) is 5.92. The van der Waals surface area contributed by atoms with E-state index in [1.54, 1.807) is 36.8 Å². The van der Waals surface area contributed by atoms with E-state index in [1.807, 2.05) is 24.4 Å². The van der Waals surface area contributed by atoms with Crippen LogP contribution in [0.1, 0.15) is 24.3 Å². The standard InChI is InChI=1S/C21H23FN4O2S/c1-14-11-26(12-18(28-14)15-5-7-16(22)8-6-15)21(23-2)24-10-17-13-27-20(25-17)19-4-3-9-29-19/h3-9,13-14,18H,10-12H2,1-2H3,(H,23,24). The van der Waals surface area contributed by atoms with Gasteiger partial charge >= 0.3 is 0 Å². The van der Waals surface area contributed by atoms with Gasteiger partial charge in [-0.3, -0.25) is 4.99 Å². The Balaban J connectivity index is 1.41. The molecule has 0 bridgehead atoms. The molecule has 0 radical (unpaired) electrons. The molecule has 0 spiro atoms. The van der Waals surface area contributed by atoms with E-state index < -0.39 is 0 Å². The molecule has 1 fully saturated rings. The lowest BCUT2D eigenvalue weighted by Gasteiger charge is -2.38. The fourth-order valence-corrected chi connectivity index (χ4v) is 4.04. The number of ether oxygens (including phenoxy) is 1. The Morgan fingerprint density at radius 1 is 1.31 bits per heavy atom.